The van der Waals surface area contributed by atoms with Crippen LogP contribution in [0.4, 0.5) is 0 Å². The van der Waals surface area contributed by atoms with Crippen LogP contribution >= 0.6 is 0 Å². The van der Waals surface area contributed by atoms with Crippen molar-refractivity contribution in [3.63, 3.8) is 0 Å². The number of aryl methyl sites for hydroxylation is 2. The van der Waals surface area contributed by atoms with Crippen LogP contribution in [0, 0.1) is 13.8 Å². The van der Waals surface area contributed by atoms with E-state index in [0.29, 0.717) is 26.0 Å². The van der Waals surface area contributed by atoms with Crippen LogP contribution < -0.4 is 5.32 Å². The summed E-state index contributed by atoms with van der Waals surface area (Å²) in [6.07, 6.45) is 1.99. The Morgan fingerprint density at radius 1 is 1.30 bits per heavy atom. The van der Waals surface area contributed by atoms with Gasteiger partial charge in [0.2, 0.25) is 5.91 Å². The normalized spacial score (nSPS) is 16.9. The van der Waals surface area contributed by atoms with Gasteiger partial charge in [-0.1, -0.05) is 29.4 Å². The third-order valence-corrected chi connectivity index (χ3v) is 4.35. The van der Waals surface area contributed by atoms with Crippen LogP contribution in [0.2, 0.25) is 0 Å². The molecule has 1 aromatic heterocycles. The molecule has 0 bridgehead atoms. The lowest BCUT2D eigenvalue weighted by molar-refractivity contribution is -0.121. The number of hydrogen-bond donors (Lipinski definition) is 1. The van der Waals surface area contributed by atoms with Crippen molar-refractivity contribution in [3.05, 3.63) is 52.4 Å². The number of carbonyl (C=O) groups excluding carboxylic acids is 1. The van der Waals surface area contributed by atoms with Crippen molar-refractivity contribution >= 4 is 5.91 Å². The van der Waals surface area contributed by atoms with E-state index < -0.39 is 0 Å². The molecule has 1 amide bonds. The second-order valence-corrected chi connectivity index (χ2v) is 6.01. The average Bonchev–Trinajstić information content (AvgIpc) is 2.89. The molecule has 5 nitrogen and oxygen atoms in total. The van der Waals surface area contributed by atoms with Crippen molar-refractivity contribution in [1.29, 1.82) is 0 Å². The van der Waals surface area contributed by atoms with Crippen LogP contribution in [-0.4, -0.2) is 23.7 Å². The zero-order chi connectivity index (χ0) is 16.2. The smallest absolute Gasteiger partial charge is 0.220 e. The summed E-state index contributed by atoms with van der Waals surface area (Å²) < 4.78 is 10.9. The van der Waals surface area contributed by atoms with Gasteiger partial charge < -0.3 is 14.6 Å². The van der Waals surface area contributed by atoms with Crippen molar-refractivity contribution in [2.75, 3.05) is 6.54 Å². The average molecular weight is 314 g/mol. The summed E-state index contributed by atoms with van der Waals surface area (Å²) in [5, 5.41) is 6.88. The van der Waals surface area contributed by atoms with Gasteiger partial charge in [0.15, 0.2) is 0 Å². The largest absolute Gasteiger partial charge is 0.371 e. The summed E-state index contributed by atoms with van der Waals surface area (Å²) in [6, 6.07) is 8.29. The monoisotopic (exact) mass is 314 g/mol. The van der Waals surface area contributed by atoms with Crippen LogP contribution in [-0.2, 0) is 29.0 Å². The molecule has 1 N–H and O–H groups in total. The molecule has 2 heterocycles. The molecular weight excluding hydrogens is 292 g/mol. The molecule has 0 saturated carbocycles. The maximum absolute atomic E-state index is 12.0. The number of carbonyl (C=O) groups is 1. The van der Waals surface area contributed by atoms with E-state index in [-0.39, 0.29) is 12.0 Å². The Kier molecular flexibility index (Phi) is 4.76. The van der Waals surface area contributed by atoms with Crippen molar-refractivity contribution in [1.82, 2.24) is 10.5 Å². The molecule has 0 fully saturated rings. The lowest BCUT2D eigenvalue weighted by Crippen LogP contribution is -2.36. The number of aromatic nitrogens is 1. The third-order valence-electron chi connectivity index (χ3n) is 4.35. The Hall–Kier alpha value is -2.14. The van der Waals surface area contributed by atoms with E-state index in [1.807, 2.05) is 26.0 Å². The third kappa shape index (κ3) is 3.79. The molecule has 0 unspecified atom stereocenters. The van der Waals surface area contributed by atoms with Crippen molar-refractivity contribution in [3.8, 4) is 0 Å². The first-order valence-electron chi connectivity index (χ1n) is 8.00. The van der Waals surface area contributed by atoms with E-state index in [2.05, 4.69) is 22.6 Å². The molecule has 122 valence electrons. The minimum Gasteiger partial charge on any atom is -0.371 e. The van der Waals surface area contributed by atoms with Crippen LogP contribution in [0.1, 0.15) is 34.6 Å². The number of rotatable bonds is 5. The maximum atomic E-state index is 12.0. The van der Waals surface area contributed by atoms with Gasteiger partial charge in [0.25, 0.3) is 0 Å². The number of nitrogens with one attached hydrogen (secondary N) is 1. The molecule has 3 rings (SSSR count). The highest BCUT2D eigenvalue weighted by atomic mass is 16.5. The van der Waals surface area contributed by atoms with E-state index in [0.717, 1.165) is 23.4 Å². The molecular formula is C18H22N2O3. The SMILES string of the molecule is Cc1noc(C)c1CCC(=O)NC[C@@H]1Cc2ccccc2CO1. The van der Waals surface area contributed by atoms with Gasteiger partial charge in [0, 0.05) is 24.9 Å². The van der Waals surface area contributed by atoms with Crippen molar-refractivity contribution < 1.29 is 14.1 Å². The Morgan fingerprint density at radius 3 is 2.83 bits per heavy atom. The van der Waals surface area contributed by atoms with Crippen LogP contribution in [0.5, 0.6) is 0 Å². The van der Waals surface area contributed by atoms with E-state index in [1.54, 1.807) is 0 Å². The molecule has 0 saturated heterocycles. The van der Waals surface area contributed by atoms with E-state index >= 15 is 0 Å². The van der Waals surface area contributed by atoms with Crippen molar-refractivity contribution in [2.24, 2.45) is 0 Å². The minimum absolute atomic E-state index is 0.0347. The number of amides is 1. The summed E-state index contributed by atoms with van der Waals surface area (Å²) >= 11 is 0. The second-order valence-electron chi connectivity index (χ2n) is 6.01. The Bertz CT molecular complexity index is 674. The molecule has 2 aromatic rings. The Balaban J connectivity index is 1.45. The highest BCUT2D eigenvalue weighted by Crippen LogP contribution is 2.20. The maximum Gasteiger partial charge on any atom is 0.220 e. The molecule has 1 aromatic carbocycles. The van der Waals surface area contributed by atoms with Gasteiger partial charge in [-0.3, -0.25) is 4.79 Å². The summed E-state index contributed by atoms with van der Waals surface area (Å²) in [4.78, 5) is 12.0. The summed E-state index contributed by atoms with van der Waals surface area (Å²) in [5.41, 5.74) is 4.45. The van der Waals surface area contributed by atoms with Gasteiger partial charge in [-0.2, -0.15) is 0 Å². The first-order chi connectivity index (χ1) is 11.1. The summed E-state index contributed by atoms with van der Waals surface area (Å²) in [7, 11) is 0. The number of hydrogen-bond acceptors (Lipinski definition) is 4. The standard InChI is InChI=1S/C18H22N2O3/c1-12-17(13(2)23-20-12)7-8-18(21)19-10-16-9-14-5-3-4-6-15(14)11-22-16/h3-6,16H,7-11H2,1-2H3,(H,19,21)/t16-/m0/s1. The predicted octanol–water partition coefficient (Wildman–Crippen LogP) is 2.48. The number of fused-ring (bicyclic) bond motifs is 1. The molecule has 0 spiro atoms. The van der Waals surface area contributed by atoms with Crippen LogP contribution in [0.15, 0.2) is 28.8 Å². The van der Waals surface area contributed by atoms with E-state index in [4.69, 9.17) is 9.26 Å². The highest BCUT2D eigenvalue weighted by Gasteiger charge is 2.19. The molecule has 1 aliphatic heterocycles. The molecule has 0 aliphatic carbocycles. The zero-order valence-corrected chi connectivity index (χ0v) is 13.6. The summed E-state index contributed by atoms with van der Waals surface area (Å²) in [6.45, 7) is 4.95. The minimum atomic E-state index is 0.0347. The first-order valence-corrected chi connectivity index (χ1v) is 8.00. The predicted molar refractivity (Wildman–Crippen MR) is 86.0 cm³/mol. The van der Waals surface area contributed by atoms with Crippen LogP contribution in [0.25, 0.3) is 0 Å². The first kappa shape index (κ1) is 15.7. The molecule has 5 heteroatoms. The second kappa shape index (κ2) is 6.96. The van der Waals surface area contributed by atoms with Gasteiger partial charge in [-0.25, -0.2) is 0 Å². The number of ether oxygens (including phenoxy) is 1. The topological polar surface area (TPSA) is 64.4 Å². The van der Waals surface area contributed by atoms with Gasteiger partial charge >= 0.3 is 0 Å². The molecule has 1 aliphatic rings. The van der Waals surface area contributed by atoms with Gasteiger partial charge in [-0.05, 0) is 31.4 Å². The van der Waals surface area contributed by atoms with Gasteiger partial charge in [0.05, 0.1) is 18.4 Å². The summed E-state index contributed by atoms with van der Waals surface area (Å²) in [5.74, 6) is 0.829. The fourth-order valence-electron chi connectivity index (χ4n) is 2.95. The molecule has 0 radical (unpaired) electrons. The number of nitrogens with zero attached hydrogens (tertiary/aromatic N) is 1. The van der Waals surface area contributed by atoms with Crippen molar-refractivity contribution in [2.45, 2.75) is 45.8 Å². The lowest BCUT2D eigenvalue weighted by Gasteiger charge is -2.25. The molecule has 1 atom stereocenters. The van der Waals surface area contributed by atoms with E-state index in [1.165, 1.54) is 11.1 Å². The quantitative estimate of drug-likeness (QED) is 0.921. The fraction of sp³-hybridized carbons (Fsp3) is 0.444. The highest BCUT2D eigenvalue weighted by molar-refractivity contribution is 5.76. The van der Waals surface area contributed by atoms with E-state index in [9.17, 15) is 4.79 Å². The number of benzene rings is 1. The van der Waals surface area contributed by atoms with Gasteiger partial charge in [-0.15, -0.1) is 0 Å². The van der Waals surface area contributed by atoms with Crippen LogP contribution in [0.3, 0.4) is 0 Å². The Morgan fingerprint density at radius 2 is 2.09 bits per heavy atom. The zero-order valence-electron chi connectivity index (χ0n) is 13.6. The Labute approximate surface area is 136 Å². The van der Waals surface area contributed by atoms with Gasteiger partial charge in [0.1, 0.15) is 5.76 Å². The lowest BCUT2D eigenvalue weighted by atomic mass is 9.99. The molecule has 23 heavy (non-hydrogen) atoms. The fourth-order valence-corrected chi connectivity index (χ4v) is 2.95.